The highest BCUT2D eigenvalue weighted by molar-refractivity contribution is 5.82. The van der Waals surface area contributed by atoms with E-state index in [0.29, 0.717) is 32.7 Å². The molecule has 0 radical (unpaired) electrons. The summed E-state index contributed by atoms with van der Waals surface area (Å²) in [7, 11) is 3.26. The van der Waals surface area contributed by atoms with Crippen molar-refractivity contribution in [3.8, 4) is 17.6 Å². The minimum Gasteiger partial charge on any atom is -0.497 e. The van der Waals surface area contributed by atoms with Crippen LogP contribution in [-0.4, -0.2) is 65.6 Å². The molecule has 0 aromatic heterocycles. The maximum absolute atomic E-state index is 11.7. The van der Waals surface area contributed by atoms with Gasteiger partial charge in [-0.05, 0) is 53.8 Å². The van der Waals surface area contributed by atoms with Crippen LogP contribution in [0.2, 0.25) is 0 Å². The van der Waals surface area contributed by atoms with Crippen molar-refractivity contribution >= 4 is 11.8 Å². The molecule has 0 aliphatic heterocycles. The molecule has 0 saturated heterocycles. The number of rotatable bonds is 22. The summed E-state index contributed by atoms with van der Waals surface area (Å²) < 4.78 is 33.9. The number of benzene rings is 3. The minimum absolute atomic E-state index is 0.0723. The third-order valence-corrected chi connectivity index (χ3v) is 7.47. The second kappa shape index (κ2) is 20.0. The van der Waals surface area contributed by atoms with Gasteiger partial charge in [0, 0.05) is 19.4 Å². The van der Waals surface area contributed by atoms with E-state index < -0.39 is 17.5 Å². The van der Waals surface area contributed by atoms with Gasteiger partial charge in [-0.2, -0.15) is 5.26 Å². The molecular weight excluding hydrogens is 586 g/mol. The molecule has 0 bridgehead atoms. The average molecular weight is 632 g/mol. The lowest BCUT2D eigenvalue weighted by atomic mass is 9.80. The molecule has 0 heterocycles. The summed E-state index contributed by atoms with van der Waals surface area (Å²) in [6.07, 6.45) is 2.05. The van der Waals surface area contributed by atoms with E-state index >= 15 is 0 Å². The Balaban J connectivity index is 1.56. The van der Waals surface area contributed by atoms with Crippen LogP contribution < -0.4 is 9.47 Å². The van der Waals surface area contributed by atoms with E-state index in [1.54, 1.807) is 14.2 Å². The van der Waals surface area contributed by atoms with Crippen LogP contribution in [0.1, 0.15) is 55.7 Å². The Labute approximate surface area is 272 Å². The molecule has 0 aliphatic rings. The molecule has 1 atom stereocenters. The number of carbonyl (C=O) groups is 2. The van der Waals surface area contributed by atoms with Crippen LogP contribution >= 0.6 is 0 Å². The van der Waals surface area contributed by atoms with E-state index in [-0.39, 0.29) is 38.4 Å². The Morgan fingerprint density at radius 1 is 0.717 bits per heavy atom. The van der Waals surface area contributed by atoms with Crippen molar-refractivity contribution < 1.29 is 38.0 Å². The van der Waals surface area contributed by atoms with E-state index in [1.807, 2.05) is 85.8 Å². The number of nitriles is 1. The Morgan fingerprint density at radius 2 is 1.26 bits per heavy atom. The van der Waals surface area contributed by atoms with E-state index in [0.717, 1.165) is 34.6 Å². The summed E-state index contributed by atoms with van der Waals surface area (Å²) in [6, 6.07) is 27.9. The van der Waals surface area contributed by atoms with Crippen molar-refractivity contribution in [2.24, 2.45) is 5.92 Å². The molecule has 0 N–H and O–H groups in total. The van der Waals surface area contributed by atoms with E-state index in [1.165, 1.54) is 0 Å². The highest BCUT2D eigenvalue weighted by Crippen LogP contribution is 2.42. The second-order valence-corrected chi connectivity index (χ2v) is 10.7. The largest absolute Gasteiger partial charge is 0.497 e. The number of hydrogen-bond acceptors (Lipinski definition) is 9. The molecule has 1 unspecified atom stereocenters. The maximum Gasteiger partial charge on any atom is 0.306 e. The predicted molar refractivity (Wildman–Crippen MR) is 174 cm³/mol. The monoisotopic (exact) mass is 631 g/mol. The fourth-order valence-corrected chi connectivity index (χ4v) is 4.96. The van der Waals surface area contributed by atoms with E-state index in [2.05, 4.69) is 6.07 Å². The van der Waals surface area contributed by atoms with Crippen molar-refractivity contribution in [3.63, 3.8) is 0 Å². The Bertz CT molecular complexity index is 1310. The standard InChI is InChI=1S/C37H45NO8/c1-4-8-33(39)15-20-36(40)45-26-25-44-24-23-43-22-21-29(27-38)28-46-37(30-9-6-5-7-10-30,31-11-16-34(41-2)17-12-31)32-13-18-35(42-3)19-14-32/h5-7,9-14,16-19,29H,4,8,15,20-26,28H2,1-3H3. The lowest BCUT2D eigenvalue weighted by Crippen LogP contribution is -2.34. The van der Waals surface area contributed by atoms with Gasteiger partial charge in [0.05, 0.1) is 59.1 Å². The molecule has 246 valence electrons. The van der Waals surface area contributed by atoms with Crippen LogP contribution in [0.3, 0.4) is 0 Å². The summed E-state index contributed by atoms with van der Waals surface area (Å²) in [5, 5.41) is 10.0. The number of nitrogens with zero attached hydrogens (tertiary/aromatic N) is 1. The van der Waals surface area contributed by atoms with Gasteiger partial charge in [0.1, 0.15) is 29.5 Å². The Kier molecular flexibility index (Phi) is 15.8. The molecular formula is C37H45NO8. The van der Waals surface area contributed by atoms with Gasteiger partial charge in [0.25, 0.3) is 0 Å². The third kappa shape index (κ3) is 11.0. The van der Waals surface area contributed by atoms with Crippen molar-refractivity contribution in [2.75, 3.05) is 53.9 Å². The van der Waals surface area contributed by atoms with Gasteiger partial charge in [0.15, 0.2) is 0 Å². The molecule has 9 nitrogen and oxygen atoms in total. The van der Waals surface area contributed by atoms with E-state index in [4.69, 9.17) is 28.4 Å². The lowest BCUT2D eigenvalue weighted by Gasteiger charge is -2.36. The molecule has 46 heavy (non-hydrogen) atoms. The highest BCUT2D eigenvalue weighted by atomic mass is 16.6. The molecule has 0 amide bonds. The molecule has 9 heteroatoms. The van der Waals surface area contributed by atoms with E-state index in [9.17, 15) is 14.9 Å². The molecule has 0 spiro atoms. The number of Topliss-reactive ketones (excluding diaryl/α,β-unsaturated/α-hetero) is 1. The number of esters is 1. The normalized spacial score (nSPS) is 11.8. The summed E-state index contributed by atoms with van der Waals surface area (Å²) >= 11 is 0. The number of carbonyl (C=O) groups excluding carboxylic acids is 2. The first-order valence-electron chi connectivity index (χ1n) is 15.7. The molecule has 0 saturated carbocycles. The summed E-state index contributed by atoms with van der Waals surface area (Å²) in [5.41, 5.74) is 1.71. The third-order valence-electron chi connectivity index (χ3n) is 7.47. The van der Waals surface area contributed by atoms with Crippen LogP contribution in [0, 0.1) is 17.2 Å². The highest BCUT2D eigenvalue weighted by Gasteiger charge is 2.38. The number of ether oxygens (including phenoxy) is 6. The van der Waals surface area contributed by atoms with Crippen LogP contribution in [0.25, 0.3) is 0 Å². The topological polar surface area (TPSA) is 113 Å². The van der Waals surface area contributed by atoms with Crippen molar-refractivity contribution in [2.45, 2.75) is 44.6 Å². The van der Waals surface area contributed by atoms with Crippen molar-refractivity contribution in [1.82, 2.24) is 0 Å². The summed E-state index contributed by atoms with van der Waals surface area (Å²) in [5.74, 6) is 0.706. The summed E-state index contributed by atoms with van der Waals surface area (Å²) in [4.78, 5) is 23.3. The van der Waals surface area contributed by atoms with Gasteiger partial charge in [-0.25, -0.2) is 0 Å². The first-order chi connectivity index (χ1) is 22.5. The van der Waals surface area contributed by atoms with Crippen LogP contribution in [0.15, 0.2) is 78.9 Å². The zero-order valence-electron chi connectivity index (χ0n) is 27.1. The molecule has 3 rings (SSSR count). The zero-order valence-corrected chi connectivity index (χ0v) is 27.1. The average Bonchev–Trinajstić information content (AvgIpc) is 3.10. The number of ketones is 1. The van der Waals surface area contributed by atoms with Gasteiger partial charge >= 0.3 is 5.97 Å². The summed E-state index contributed by atoms with van der Waals surface area (Å²) in [6.45, 7) is 3.48. The smallest absolute Gasteiger partial charge is 0.306 e. The minimum atomic E-state index is -1.00. The predicted octanol–water partition coefficient (Wildman–Crippen LogP) is 6.27. The Morgan fingerprint density at radius 3 is 1.80 bits per heavy atom. The second-order valence-electron chi connectivity index (χ2n) is 10.7. The molecule has 3 aromatic carbocycles. The molecule has 0 fully saturated rings. The molecule has 0 aliphatic carbocycles. The van der Waals surface area contributed by atoms with Gasteiger partial charge in [-0.3, -0.25) is 9.59 Å². The lowest BCUT2D eigenvalue weighted by molar-refractivity contribution is -0.146. The first kappa shape index (κ1) is 36.2. The quantitative estimate of drug-likeness (QED) is 0.0719. The Hall–Kier alpha value is -4.23. The fraction of sp³-hybridized carbons (Fsp3) is 0.432. The molecule has 3 aromatic rings. The van der Waals surface area contributed by atoms with Gasteiger partial charge in [-0.1, -0.05) is 61.5 Å². The van der Waals surface area contributed by atoms with Crippen molar-refractivity contribution in [1.29, 1.82) is 5.26 Å². The zero-order chi connectivity index (χ0) is 33.0. The van der Waals surface area contributed by atoms with Crippen molar-refractivity contribution in [3.05, 3.63) is 95.6 Å². The van der Waals surface area contributed by atoms with Gasteiger partial charge in [-0.15, -0.1) is 0 Å². The maximum atomic E-state index is 11.7. The number of methoxy groups -OCH3 is 2. The fourth-order valence-electron chi connectivity index (χ4n) is 4.96. The van der Waals surface area contributed by atoms with Crippen LogP contribution in [-0.2, 0) is 34.1 Å². The van der Waals surface area contributed by atoms with Crippen LogP contribution in [0.4, 0.5) is 0 Å². The van der Waals surface area contributed by atoms with Crippen LogP contribution in [0.5, 0.6) is 11.5 Å². The SMILES string of the molecule is CCCC(=O)CCC(=O)OCCOCCOCCC(C#N)COC(c1ccccc1)(c1ccc(OC)cc1)c1ccc(OC)cc1. The van der Waals surface area contributed by atoms with Gasteiger partial charge < -0.3 is 28.4 Å². The van der Waals surface area contributed by atoms with Gasteiger partial charge in [0.2, 0.25) is 0 Å². The number of hydrogen-bond donors (Lipinski definition) is 0. The first-order valence-corrected chi connectivity index (χ1v) is 15.7.